The topological polar surface area (TPSA) is 98.5 Å². The summed E-state index contributed by atoms with van der Waals surface area (Å²) in [6.45, 7) is 3.16. The number of benzene rings is 2. The van der Waals surface area contributed by atoms with Crippen molar-refractivity contribution in [3.05, 3.63) is 73.8 Å². The molecule has 1 amide bonds. The minimum absolute atomic E-state index is 0.106. The second kappa shape index (κ2) is 8.83. The van der Waals surface area contributed by atoms with Gasteiger partial charge in [-0.15, -0.1) is 0 Å². The molecule has 2 atom stereocenters. The number of amides is 1. The second-order valence-corrected chi connectivity index (χ2v) is 6.59. The molecule has 0 bridgehead atoms. The maximum Gasteiger partial charge on any atom is 0.338 e. The number of ether oxygens (including phenoxy) is 1. The van der Waals surface area contributed by atoms with Gasteiger partial charge in [-0.05, 0) is 43.7 Å². The van der Waals surface area contributed by atoms with Gasteiger partial charge in [-0.3, -0.25) is 14.9 Å². The summed E-state index contributed by atoms with van der Waals surface area (Å²) in [5.41, 5.74) is 0.628. The highest BCUT2D eigenvalue weighted by Gasteiger charge is 2.22. The van der Waals surface area contributed by atoms with Crippen molar-refractivity contribution in [2.24, 2.45) is 0 Å². The quantitative estimate of drug-likeness (QED) is 0.434. The van der Waals surface area contributed by atoms with Gasteiger partial charge in [-0.1, -0.05) is 29.3 Å². The standard InChI is InChI=1S/C18H16Cl2N2O5/c1-10(15-8-5-13(19)9-16(15)20)21-17(23)11(2)27-18(24)12-3-6-14(7-4-12)22(25)26/h3-11H,1-2H3,(H,21,23). The molecule has 0 aliphatic heterocycles. The Morgan fingerprint density at radius 3 is 2.30 bits per heavy atom. The van der Waals surface area contributed by atoms with E-state index >= 15 is 0 Å². The van der Waals surface area contributed by atoms with Gasteiger partial charge in [-0.25, -0.2) is 4.79 Å². The molecule has 0 aromatic heterocycles. The number of hydrogen-bond acceptors (Lipinski definition) is 5. The SMILES string of the molecule is CC(OC(=O)c1ccc([N+](=O)[O-])cc1)C(=O)NC(C)c1ccc(Cl)cc1Cl. The second-order valence-electron chi connectivity index (χ2n) is 5.75. The van der Waals surface area contributed by atoms with E-state index < -0.39 is 28.9 Å². The summed E-state index contributed by atoms with van der Waals surface area (Å²) in [6, 6.07) is 9.40. The van der Waals surface area contributed by atoms with E-state index in [1.807, 2.05) is 0 Å². The van der Waals surface area contributed by atoms with E-state index in [4.69, 9.17) is 27.9 Å². The summed E-state index contributed by atoms with van der Waals surface area (Å²) < 4.78 is 5.11. The molecule has 0 saturated heterocycles. The average Bonchev–Trinajstić information content (AvgIpc) is 2.61. The zero-order valence-corrected chi connectivity index (χ0v) is 16.0. The molecule has 27 heavy (non-hydrogen) atoms. The zero-order chi connectivity index (χ0) is 20.1. The first kappa shape index (κ1) is 20.7. The minimum Gasteiger partial charge on any atom is -0.449 e. The first-order valence-electron chi connectivity index (χ1n) is 7.89. The Balaban J connectivity index is 1.98. The zero-order valence-electron chi connectivity index (χ0n) is 14.4. The Kier molecular flexibility index (Phi) is 6.76. The summed E-state index contributed by atoms with van der Waals surface area (Å²) >= 11 is 12.0. The number of nitro groups is 1. The predicted molar refractivity (Wildman–Crippen MR) is 101 cm³/mol. The third-order valence-electron chi connectivity index (χ3n) is 3.75. The first-order valence-corrected chi connectivity index (χ1v) is 8.65. The molecule has 0 heterocycles. The molecule has 0 saturated carbocycles. The molecule has 2 aromatic carbocycles. The molecular formula is C18H16Cl2N2O5. The van der Waals surface area contributed by atoms with Crippen molar-refractivity contribution in [2.75, 3.05) is 0 Å². The van der Waals surface area contributed by atoms with Crippen LogP contribution in [0.4, 0.5) is 5.69 Å². The largest absolute Gasteiger partial charge is 0.449 e. The molecule has 142 valence electrons. The van der Waals surface area contributed by atoms with Gasteiger partial charge >= 0.3 is 5.97 Å². The van der Waals surface area contributed by atoms with Crippen LogP contribution in [-0.4, -0.2) is 22.9 Å². The van der Waals surface area contributed by atoms with Crippen LogP contribution in [0.25, 0.3) is 0 Å². The minimum atomic E-state index is -1.07. The summed E-state index contributed by atoms with van der Waals surface area (Å²) in [5.74, 6) is -1.27. The fraction of sp³-hybridized carbons (Fsp3) is 0.222. The predicted octanol–water partition coefficient (Wildman–Crippen LogP) is 4.32. The molecule has 0 spiro atoms. The van der Waals surface area contributed by atoms with Crippen LogP contribution in [0, 0.1) is 10.1 Å². The fourth-order valence-corrected chi connectivity index (χ4v) is 2.83. The highest BCUT2D eigenvalue weighted by atomic mass is 35.5. The molecule has 0 aliphatic rings. The number of rotatable bonds is 6. The van der Waals surface area contributed by atoms with Gasteiger partial charge in [0.25, 0.3) is 11.6 Å². The van der Waals surface area contributed by atoms with Gasteiger partial charge in [0.05, 0.1) is 16.5 Å². The Morgan fingerprint density at radius 2 is 1.74 bits per heavy atom. The van der Waals surface area contributed by atoms with Crippen LogP contribution < -0.4 is 5.32 Å². The van der Waals surface area contributed by atoms with Crippen molar-refractivity contribution in [3.63, 3.8) is 0 Å². The van der Waals surface area contributed by atoms with Crippen molar-refractivity contribution in [1.82, 2.24) is 5.32 Å². The lowest BCUT2D eigenvalue weighted by Crippen LogP contribution is -2.37. The van der Waals surface area contributed by atoms with E-state index in [0.29, 0.717) is 15.6 Å². The molecule has 7 nitrogen and oxygen atoms in total. The van der Waals surface area contributed by atoms with Gasteiger partial charge in [0.1, 0.15) is 0 Å². The van der Waals surface area contributed by atoms with Gasteiger partial charge in [0, 0.05) is 22.2 Å². The summed E-state index contributed by atoms with van der Waals surface area (Å²) in [6.07, 6.45) is -1.07. The summed E-state index contributed by atoms with van der Waals surface area (Å²) in [4.78, 5) is 34.4. The molecule has 0 fully saturated rings. The number of non-ortho nitro benzene ring substituents is 1. The van der Waals surface area contributed by atoms with Gasteiger partial charge in [0.2, 0.25) is 0 Å². The molecule has 2 rings (SSSR count). The maximum absolute atomic E-state index is 12.3. The monoisotopic (exact) mass is 410 g/mol. The third-order valence-corrected chi connectivity index (χ3v) is 4.32. The first-order chi connectivity index (χ1) is 12.7. The molecule has 2 aromatic rings. The van der Waals surface area contributed by atoms with Crippen LogP contribution >= 0.6 is 23.2 Å². The van der Waals surface area contributed by atoms with E-state index in [1.165, 1.54) is 31.2 Å². The number of hydrogen-bond donors (Lipinski definition) is 1. The van der Waals surface area contributed by atoms with Crippen molar-refractivity contribution < 1.29 is 19.2 Å². The lowest BCUT2D eigenvalue weighted by Gasteiger charge is -2.19. The molecule has 2 unspecified atom stereocenters. The van der Waals surface area contributed by atoms with E-state index in [-0.39, 0.29) is 11.3 Å². The van der Waals surface area contributed by atoms with E-state index in [9.17, 15) is 19.7 Å². The number of nitrogens with zero attached hydrogens (tertiary/aromatic N) is 1. The van der Waals surface area contributed by atoms with Crippen LogP contribution in [0.2, 0.25) is 10.0 Å². The van der Waals surface area contributed by atoms with Crippen molar-refractivity contribution >= 4 is 40.8 Å². The van der Waals surface area contributed by atoms with Gasteiger partial charge in [-0.2, -0.15) is 0 Å². The van der Waals surface area contributed by atoms with Gasteiger partial charge < -0.3 is 10.1 Å². The Morgan fingerprint density at radius 1 is 1.11 bits per heavy atom. The third kappa shape index (κ3) is 5.42. The normalized spacial score (nSPS) is 12.7. The van der Waals surface area contributed by atoms with Crippen LogP contribution in [0.3, 0.4) is 0 Å². The number of halogens is 2. The molecular weight excluding hydrogens is 395 g/mol. The van der Waals surface area contributed by atoms with Crippen LogP contribution in [0.5, 0.6) is 0 Å². The van der Waals surface area contributed by atoms with E-state index in [2.05, 4.69) is 5.32 Å². The molecule has 0 aliphatic carbocycles. The van der Waals surface area contributed by atoms with Crippen LogP contribution in [0.15, 0.2) is 42.5 Å². The van der Waals surface area contributed by atoms with Crippen molar-refractivity contribution in [2.45, 2.75) is 26.0 Å². The number of nitrogens with one attached hydrogen (secondary N) is 1. The number of nitro benzene ring substituents is 1. The lowest BCUT2D eigenvalue weighted by atomic mass is 10.1. The number of esters is 1. The smallest absolute Gasteiger partial charge is 0.338 e. The fourth-order valence-electron chi connectivity index (χ4n) is 2.26. The highest BCUT2D eigenvalue weighted by Crippen LogP contribution is 2.26. The van der Waals surface area contributed by atoms with Crippen LogP contribution in [-0.2, 0) is 9.53 Å². The van der Waals surface area contributed by atoms with Gasteiger partial charge in [0.15, 0.2) is 6.10 Å². The highest BCUT2D eigenvalue weighted by molar-refractivity contribution is 6.35. The van der Waals surface area contributed by atoms with Crippen molar-refractivity contribution in [1.29, 1.82) is 0 Å². The molecule has 1 N–H and O–H groups in total. The Bertz CT molecular complexity index is 871. The molecule has 0 radical (unpaired) electrons. The Hall–Kier alpha value is -2.64. The Labute approximate surface area is 165 Å². The average molecular weight is 411 g/mol. The maximum atomic E-state index is 12.3. The van der Waals surface area contributed by atoms with Crippen LogP contribution in [0.1, 0.15) is 35.8 Å². The van der Waals surface area contributed by atoms with E-state index in [0.717, 1.165) is 0 Å². The number of carbonyl (C=O) groups excluding carboxylic acids is 2. The summed E-state index contributed by atoms with van der Waals surface area (Å²) in [7, 11) is 0. The molecule has 9 heteroatoms. The summed E-state index contributed by atoms with van der Waals surface area (Å²) in [5, 5.41) is 14.2. The van der Waals surface area contributed by atoms with Crippen molar-refractivity contribution in [3.8, 4) is 0 Å². The van der Waals surface area contributed by atoms with E-state index in [1.54, 1.807) is 25.1 Å². The lowest BCUT2D eigenvalue weighted by molar-refractivity contribution is -0.384. The number of carbonyl (C=O) groups is 2.